The summed E-state index contributed by atoms with van der Waals surface area (Å²) in [5, 5.41) is 7.92. The number of nitrogens with one attached hydrogen (secondary N) is 1. The maximum absolute atomic E-state index is 13.0. The highest BCUT2D eigenvalue weighted by Crippen LogP contribution is 2.24. The molecule has 4 nitrogen and oxygen atoms in total. The van der Waals surface area contributed by atoms with Gasteiger partial charge in [0.05, 0.1) is 5.52 Å². The summed E-state index contributed by atoms with van der Waals surface area (Å²) in [6.07, 6.45) is 2.78. The van der Waals surface area contributed by atoms with Crippen molar-refractivity contribution >= 4 is 22.4 Å². The van der Waals surface area contributed by atoms with Gasteiger partial charge in [-0.15, -0.1) is 0 Å². The largest absolute Gasteiger partial charge is 0.333 e. The van der Waals surface area contributed by atoms with Gasteiger partial charge in [-0.1, -0.05) is 36.4 Å². The lowest BCUT2D eigenvalue weighted by Gasteiger charge is -2.26. The van der Waals surface area contributed by atoms with Gasteiger partial charge in [-0.2, -0.15) is 5.10 Å². The summed E-state index contributed by atoms with van der Waals surface area (Å²) >= 11 is 0. The zero-order chi connectivity index (χ0) is 16.5. The van der Waals surface area contributed by atoms with E-state index in [1.165, 1.54) is 12.1 Å². The van der Waals surface area contributed by atoms with Gasteiger partial charge in [0.2, 0.25) is 0 Å². The number of aromatic nitrogens is 2. The van der Waals surface area contributed by atoms with Crippen LogP contribution in [0.2, 0.25) is 0 Å². The second kappa shape index (κ2) is 5.92. The molecule has 0 saturated heterocycles. The van der Waals surface area contributed by atoms with E-state index in [0.717, 1.165) is 28.5 Å². The second-order valence-electron chi connectivity index (χ2n) is 5.86. The zero-order valence-corrected chi connectivity index (χ0v) is 13.0. The van der Waals surface area contributed by atoms with E-state index in [2.05, 4.69) is 10.2 Å². The van der Waals surface area contributed by atoms with E-state index in [4.69, 9.17) is 0 Å². The van der Waals surface area contributed by atoms with Gasteiger partial charge in [-0.05, 0) is 35.8 Å². The highest BCUT2D eigenvalue weighted by Gasteiger charge is 2.22. The number of halogens is 1. The number of rotatable bonds is 2. The third kappa shape index (κ3) is 2.58. The van der Waals surface area contributed by atoms with Crippen molar-refractivity contribution in [2.45, 2.75) is 6.42 Å². The molecule has 120 valence electrons. The van der Waals surface area contributed by atoms with Crippen molar-refractivity contribution in [1.29, 1.82) is 0 Å². The van der Waals surface area contributed by atoms with E-state index in [9.17, 15) is 9.18 Å². The monoisotopic (exact) mass is 321 g/mol. The number of amides is 1. The first-order chi connectivity index (χ1) is 11.7. The molecule has 0 unspecified atom stereocenters. The fourth-order valence-corrected chi connectivity index (χ4v) is 3.06. The molecule has 0 fully saturated rings. The van der Waals surface area contributed by atoms with Gasteiger partial charge in [0.15, 0.2) is 5.69 Å². The van der Waals surface area contributed by atoms with Gasteiger partial charge in [0.25, 0.3) is 5.91 Å². The minimum absolute atomic E-state index is 0.0677. The number of para-hydroxylation sites is 1. The predicted molar refractivity (Wildman–Crippen MR) is 91.0 cm³/mol. The molecule has 3 aromatic rings. The van der Waals surface area contributed by atoms with Crippen molar-refractivity contribution in [2.24, 2.45) is 0 Å². The summed E-state index contributed by atoms with van der Waals surface area (Å²) < 4.78 is 13.0. The summed E-state index contributed by atoms with van der Waals surface area (Å²) in [4.78, 5) is 14.5. The van der Waals surface area contributed by atoms with E-state index in [-0.39, 0.29) is 11.7 Å². The standard InChI is InChI=1S/C19H16FN3O/c20-15-7-5-13(6-8-15)14-9-11-23(12-10-14)19(24)18-16-3-1-2-4-17(16)21-22-18/h1-9H,10-12H2,(H,21,22). The fourth-order valence-electron chi connectivity index (χ4n) is 3.06. The normalized spacial score (nSPS) is 14.7. The molecule has 4 rings (SSSR count). The smallest absolute Gasteiger partial charge is 0.275 e. The Kier molecular flexibility index (Phi) is 3.61. The molecule has 1 aromatic heterocycles. The Bertz CT molecular complexity index is 927. The molecule has 0 saturated carbocycles. The van der Waals surface area contributed by atoms with Crippen LogP contribution in [0.4, 0.5) is 4.39 Å². The van der Waals surface area contributed by atoms with Gasteiger partial charge in [0.1, 0.15) is 5.82 Å². The van der Waals surface area contributed by atoms with Crippen molar-refractivity contribution < 1.29 is 9.18 Å². The van der Waals surface area contributed by atoms with Crippen LogP contribution in [-0.4, -0.2) is 34.1 Å². The van der Waals surface area contributed by atoms with Crippen molar-refractivity contribution in [3.63, 3.8) is 0 Å². The number of hydrogen-bond donors (Lipinski definition) is 1. The van der Waals surface area contributed by atoms with Gasteiger partial charge < -0.3 is 4.90 Å². The number of fused-ring (bicyclic) bond motifs is 1. The van der Waals surface area contributed by atoms with E-state index in [1.807, 2.05) is 30.3 Å². The fraction of sp³-hybridized carbons (Fsp3) is 0.158. The average Bonchev–Trinajstić information content (AvgIpc) is 3.06. The number of carbonyl (C=O) groups excluding carboxylic acids is 1. The first-order valence-electron chi connectivity index (χ1n) is 7.90. The lowest BCUT2D eigenvalue weighted by atomic mass is 9.99. The number of aromatic amines is 1. The Morgan fingerprint density at radius 3 is 2.67 bits per heavy atom. The molecule has 1 amide bonds. The van der Waals surface area contributed by atoms with E-state index in [0.29, 0.717) is 18.8 Å². The highest BCUT2D eigenvalue weighted by atomic mass is 19.1. The van der Waals surface area contributed by atoms with Crippen LogP contribution in [0, 0.1) is 5.82 Å². The van der Waals surface area contributed by atoms with E-state index >= 15 is 0 Å². The molecule has 0 spiro atoms. The first kappa shape index (κ1) is 14.6. The summed E-state index contributed by atoms with van der Waals surface area (Å²) in [5.41, 5.74) is 3.48. The minimum atomic E-state index is -0.239. The summed E-state index contributed by atoms with van der Waals surface area (Å²) in [6.45, 7) is 1.16. The van der Waals surface area contributed by atoms with Gasteiger partial charge in [0, 0.05) is 18.5 Å². The lowest BCUT2D eigenvalue weighted by Crippen LogP contribution is -2.35. The molecule has 0 radical (unpaired) electrons. The third-order valence-electron chi connectivity index (χ3n) is 4.38. The Morgan fingerprint density at radius 1 is 1.12 bits per heavy atom. The molecule has 2 aromatic carbocycles. The van der Waals surface area contributed by atoms with E-state index in [1.54, 1.807) is 17.0 Å². The lowest BCUT2D eigenvalue weighted by molar-refractivity contribution is 0.0769. The van der Waals surface area contributed by atoms with Crippen molar-refractivity contribution in [3.8, 4) is 0 Å². The van der Waals surface area contributed by atoms with Crippen molar-refractivity contribution in [2.75, 3.05) is 13.1 Å². The average molecular weight is 321 g/mol. The molecule has 0 bridgehead atoms. The number of nitrogens with zero attached hydrogens (tertiary/aromatic N) is 2. The molecular formula is C19H16FN3O. The number of H-pyrrole nitrogens is 1. The van der Waals surface area contributed by atoms with E-state index < -0.39 is 0 Å². The van der Waals surface area contributed by atoms with Crippen LogP contribution in [0.25, 0.3) is 16.5 Å². The zero-order valence-electron chi connectivity index (χ0n) is 13.0. The summed E-state index contributed by atoms with van der Waals surface area (Å²) in [7, 11) is 0. The Hall–Kier alpha value is -2.95. The van der Waals surface area contributed by atoms with Crippen molar-refractivity contribution in [1.82, 2.24) is 15.1 Å². The van der Waals surface area contributed by atoms with Crippen LogP contribution in [0.3, 0.4) is 0 Å². The maximum atomic E-state index is 13.0. The van der Waals surface area contributed by atoms with Crippen molar-refractivity contribution in [3.05, 3.63) is 71.7 Å². The first-order valence-corrected chi connectivity index (χ1v) is 7.90. The topological polar surface area (TPSA) is 49.0 Å². The number of carbonyl (C=O) groups is 1. The highest BCUT2D eigenvalue weighted by molar-refractivity contribution is 6.04. The molecule has 0 aliphatic carbocycles. The second-order valence-corrected chi connectivity index (χ2v) is 5.86. The summed E-state index contributed by atoms with van der Waals surface area (Å²) in [6, 6.07) is 14.1. The SMILES string of the molecule is O=C(c1n[nH]c2ccccc12)N1CC=C(c2ccc(F)cc2)CC1. The molecule has 2 heterocycles. The Morgan fingerprint density at radius 2 is 1.92 bits per heavy atom. The molecule has 0 atom stereocenters. The molecule has 24 heavy (non-hydrogen) atoms. The van der Waals surface area contributed by atoms with Crippen LogP contribution >= 0.6 is 0 Å². The quantitative estimate of drug-likeness (QED) is 0.783. The summed E-state index contributed by atoms with van der Waals surface area (Å²) in [5.74, 6) is -0.306. The van der Waals surface area contributed by atoms with Gasteiger partial charge in [-0.25, -0.2) is 4.39 Å². The van der Waals surface area contributed by atoms with Gasteiger partial charge >= 0.3 is 0 Å². The number of benzene rings is 2. The Labute approximate surface area is 138 Å². The molecule has 5 heteroatoms. The Balaban J connectivity index is 1.54. The van der Waals surface area contributed by atoms with Gasteiger partial charge in [-0.3, -0.25) is 9.89 Å². The maximum Gasteiger partial charge on any atom is 0.275 e. The van der Waals surface area contributed by atoms with Crippen LogP contribution in [0.5, 0.6) is 0 Å². The minimum Gasteiger partial charge on any atom is -0.333 e. The van der Waals surface area contributed by atoms with Crippen LogP contribution in [-0.2, 0) is 0 Å². The molecule has 1 N–H and O–H groups in total. The van der Waals surface area contributed by atoms with Crippen LogP contribution in [0.1, 0.15) is 22.5 Å². The number of hydrogen-bond acceptors (Lipinski definition) is 2. The molecular weight excluding hydrogens is 305 g/mol. The third-order valence-corrected chi connectivity index (χ3v) is 4.38. The molecule has 1 aliphatic heterocycles. The van der Waals surface area contributed by atoms with Crippen LogP contribution in [0.15, 0.2) is 54.6 Å². The predicted octanol–water partition coefficient (Wildman–Crippen LogP) is 3.63. The van der Waals surface area contributed by atoms with Crippen LogP contribution < -0.4 is 0 Å². The molecule has 1 aliphatic rings.